The van der Waals surface area contributed by atoms with Crippen LogP contribution in [-0.2, 0) is 6.54 Å². The van der Waals surface area contributed by atoms with Gasteiger partial charge in [-0.15, -0.1) is 0 Å². The molecule has 0 bridgehead atoms. The Morgan fingerprint density at radius 2 is 1.90 bits per heavy atom. The number of nitrogen functional groups attached to an aromatic ring is 1. The molecular weight excluding hydrogens is 262 g/mol. The van der Waals surface area contributed by atoms with Crippen LogP contribution in [0.3, 0.4) is 0 Å². The van der Waals surface area contributed by atoms with Crippen LogP contribution in [0.25, 0.3) is 0 Å². The Morgan fingerprint density at radius 3 is 2.48 bits per heavy atom. The van der Waals surface area contributed by atoms with Crippen molar-refractivity contribution < 1.29 is 4.79 Å². The number of anilines is 1. The lowest BCUT2D eigenvalue weighted by molar-refractivity contribution is 0.0752. The fourth-order valence-electron chi connectivity index (χ4n) is 2.27. The van der Waals surface area contributed by atoms with Gasteiger partial charge >= 0.3 is 0 Å². The fraction of sp³-hybridized carbons (Fsp3) is 0.235. The Balaban J connectivity index is 2.18. The van der Waals surface area contributed by atoms with Crippen LogP contribution in [0.2, 0.25) is 0 Å². The van der Waals surface area contributed by atoms with Crippen LogP contribution in [-0.4, -0.2) is 17.4 Å². The Labute approximate surface area is 125 Å². The monoisotopic (exact) mass is 283 g/mol. The van der Waals surface area contributed by atoms with Crippen LogP contribution in [0.15, 0.2) is 48.5 Å². The van der Waals surface area contributed by atoms with Crippen molar-refractivity contribution in [1.82, 2.24) is 4.90 Å². The number of carbonyl (C=O) groups excluding carboxylic acids is 1. The van der Waals surface area contributed by atoms with Gasteiger partial charge in [0.15, 0.2) is 0 Å². The van der Waals surface area contributed by atoms with E-state index in [0.717, 1.165) is 16.8 Å². The lowest BCUT2D eigenvalue weighted by Crippen LogP contribution is -2.30. The number of carbonyl (C=O) groups is 1. The number of rotatable bonds is 5. The van der Waals surface area contributed by atoms with Gasteiger partial charge in [-0.25, -0.2) is 0 Å². The van der Waals surface area contributed by atoms with Gasteiger partial charge in [-0.3, -0.25) is 10.6 Å². The molecule has 0 aliphatic rings. The molecule has 0 radical (unpaired) electrons. The molecule has 2 rings (SSSR count). The van der Waals surface area contributed by atoms with Crippen LogP contribution in [0.4, 0.5) is 5.69 Å². The molecule has 0 spiro atoms. The van der Waals surface area contributed by atoms with E-state index in [2.05, 4.69) is 5.43 Å². The smallest absolute Gasteiger partial charge is 0.254 e. The number of nitrogens with one attached hydrogen (secondary N) is 1. The second-order valence-electron chi connectivity index (χ2n) is 4.98. The van der Waals surface area contributed by atoms with Crippen molar-refractivity contribution in [3.05, 3.63) is 65.2 Å². The van der Waals surface area contributed by atoms with Gasteiger partial charge in [0.1, 0.15) is 0 Å². The highest BCUT2D eigenvalue weighted by Gasteiger charge is 2.15. The number of nitrogens with zero attached hydrogens (tertiary/aromatic N) is 1. The Hall–Kier alpha value is -2.33. The molecular formula is C17H21N3O. The molecule has 0 aromatic heterocycles. The summed E-state index contributed by atoms with van der Waals surface area (Å²) in [6.07, 6.45) is 0. The maximum absolute atomic E-state index is 12.6. The van der Waals surface area contributed by atoms with Crippen LogP contribution in [0, 0.1) is 6.92 Å². The zero-order chi connectivity index (χ0) is 15.2. The standard InChI is InChI=1S/C17H21N3O/c1-3-20(12-14-7-5-4-6-8-14)17(21)15-9-10-16(19-18)13(2)11-15/h4-11,19H,3,12,18H2,1-2H3. The minimum absolute atomic E-state index is 0.0352. The van der Waals surface area contributed by atoms with Gasteiger partial charge in [-0.1, -0.05) is 30.3 Å². The topological polar surface area (TPSA) is 58.4 Å². The lowest BCUT2D eigenvalue weighted by atomic mass is 10.1. The number of amides is 1. The summed E-state index contributed by atoms with van der Waals surface area (Å²) >= 11 is 0. The van der Waals surface area contributed by atoms with E-state index in [0.29, 0.717) is 18.7 Å². The number of benzene rings is 2. The molecule has 1 amide bonds. The SMILES string of the molecule is CCN(Cc1ccccc1)C(=O)c1ccc(NN)c(C)c1. The highest BCUT2D eigenvalue weighted by Crippen LogP contribution is 2.17. The van der Waals surface area contributed by atoms with Crippen LogP contribution < -0.4 is 11.3 Å². The first kappa shape index (κ1) is 15.1. The minimum atomic E-state index is 0.0352. The van der Waals surface area contributed by atoms with E-state index in [1.54, 1.807) is 6.07 Å². The van der Waals surface area contributed by atoms with Gasteiger partial charge in [-0.2, -0.15) is 0 Å². The van der Waals surface area contributed by atoms with E-state index >= 15 is 0 Å². The van der Waals surface area contributed by atoms with Crippen LogP contribution in [0.1, 0.15) is 28.4 Å². The van der Waals surface area contributed by atoms with Gasteiger partial charge < -0.3 is 10.3 Å². The molecule has 0 aliphatic heterocycles. The molecule has 0 unspecified atom stereocenters. The number of hydrogen-bond acceptors (Lipinski definition) is 3. The average molecular weight is 283 g/mol. The summed E-state index contributed by atoms with van der Waals surface area (Å²) in [5, 5.41) is 0. The summed E-state index contributed by atoms with van der Waals surface area (Å²) < 4.78 is 0. The molecule has 0 heterocycles. The third-order valence-electron chi connectivity index (χ3n) is 3.51. The second-order valence-corrected chi connectivity index (χ2v) is 4.98. The van der Waals surface area contributed by atoms with E-state index < -0.39 is 0 Å². The maximum Gasteiger partial charge on any atom is 0.254 e. The highest BCUT2D eigenvalue weighted by atomic mass is 16.2. The number of aryl methyl sites for hydroxylation is 1. The predicted molar refractivity (Wildman–Crippen MR) is 85.8 cm³/mol. The molecule has 0 fully saturated rings. The largest absolute Gasteiger partial charge is 0.335 e. The number of nitrogens with two attached hydrogens (primary N) is 1. The van der Waals surface area contributed by atoms with Gasteiger partial charge in [0.25, 0.3) is 5.91 Å². The van der Waals surface area contributed by atoms with Crippen LogP contribution in [0.5, 0.6) is 0 Å². The van der Waals surface area contributed by atoms with Gasteiger partial charge in [0, 0.05) is 18.7 Å². The van der Waals surface area contributed by atoms with E-state index in [4.69, 9.17) is 5.84 Å². The third-order valence-corrected chi connectivity index (χ3v) is 3.51. The molecule has 0 aliphatic carbocycles. The summed E-state index contributed by atoms with van der Waals surface area (Å²) in [6.45, 7) is 5.21. The molecule has 2 aromatic carbocycles. The Bertz CT molecular complexity index is 611. The first-order chi connectivity index (χ1) is 10.2. The normalized spacial score (nSPS) is 10.2. The van der Waals surface area contributed by atoms with E-state index in [1.165, 1.54) is 0 Å². The van der Waals surface area contributed by atoms with Crippen molar-refractivity contribution in [2.75, 3.05) is 12.0 Å². The summed E-state index contributed by atoms with van der Waals surface area (Å²) in [7, 11) is 0. The lowest BCUT2D eigenvalue weighted by Gasteiger charge is -2.21. The molecule has 4 heteroatoms. The second kappa shape index (κ2) is 6.90. The Kier molecular flexibility index (Phi) is 4.95. The first-order valence-corrected chi connectivity index (χ1v) is 7.06. The molecule has 21 heavy (non-hydrogen) atoms. The van der Waals surface area contributed by atoms with Crippen molar-refractivity contribution in [3.8, 4) is 0 Å². The summed E-state index contributed by atoms with van der Waals surface area (Å²) in [6, 6.07) is 15.5. The predicted octanol–water partition coefficient (Wildman–Crippen LogP) is 2.94. The van der Waals surface area contributed by atoms with Gasteiger partial charge in [0.2, 0.25) is 0 Å². The van der Waals surface area contributed by atoms with Gasteiger partial charge in [0.05, 0.1) is 5.69 Å². The molecule has 3 N–H and O–H groups in total. The molecule has 2 aromatic rings. The summed E-state index contributed by atoms with van der Waals surface area (Å²) in [5.41, 5.74) is 6.22. The zero-order valence-corrected chi connectivity index (χ0v) is 12.5. The van der Waals surface area contributed by atoms with Crippen molar-refractivity contribution in [2.24, 2.45) is 5.84 Å². The quantitative estimate of drug-likeness (QED) is 0.655. The molecule has 0 saturated carbocycles. The highest BCUT2D eigenvalue weighted by molar-refractivity contribution is 5.94. The minimum Gasteiger partial charge on any atom is -0.335 e. The molecule has 0 saturated heterocycles. The summed E-state index contributed by atoms with van der Waals surface area (Å²) in [5.74, 6) is 5.45. The molecule has 0 atom stereocenters. The average Bonchev–Trinajstić information content (AvgIpc) is 2.53. The fourth-order valence-corrected chi connectivity index (χ4v) is 2.27. The molecule has 4 nitrogen and oxygen atoms in total. The number of hydrazine groups is 1. The first-order valence-electron chi connectivity index (χ1n) is 7.06. The molecule has 110 valence electrons. The van der Waals surface area contributed by atoms with Crippen molar-refractivity contribution in [2.45, 2.75) is 20.4 Å². The van der Waals surface area contributed by atoms with E-state index in [1.807, 2.05) is 61.2 Å². The van der Waals surface area contributed by atoms with Crippen molar-refractivity contribution >= 4 is 11.6 Å². The third kappa shape index (κ3) is 3.61. The van der Waals surface area contributed by atoms with Crippen LogP contribution >= 0.6 is 0 Å². The Morgan fingerprint density at radius 1 is 1.19 bits per heavy atom. The van der Waals surface area contributed by atoms with E-state index in [9.17, 15) is 4.79 Å². The van der Waals surface area contributed by atoms with Crippen molar-refractivity contribution in [1.29, 1.82) is 0 Å². The number of hydrogen-bond donors (Lipinski definition) is 2. The summed E-state index contributed by atoms with van der Waals surface area (Å²) in [4.78, 5) is 14.4. The van der Waals surface area contributed by atoms with Gasteiger partial charge in [-0.05, 0) is 43.2 Å². The van der Waals surface area contributed by atoms with Crippen molar-refractivity contribution in [3.63, 3.8) is 0 Å². The zero-order valence-electron chi connectivity index (χ0n) is 12.5. The van der Waals surface area contributed by atoms with E-state index in [-0.39, 0.29) is 5.91 Å². The maximum atomic E-state index is 12.6.